The molecule has 3 rings (SSSR count). The molecule has 1 aromatic carbocycles. The minimum Gasteiger partial charge on any atom is -0.493 e. The summed E-state index contributed by atoms with van der Waals surface area (Å²) in [5.41, 5.74) is 6.48. The molecule has 0 aromatic heterocycles. The summed E-state index contributed by atoms with van der Waals surface area (Å²) in [4.78, 5) is 2.40. The predicted molar refractivity (Wildman–Crippen MR) is 86.7 cm³/mol. The second-order valence-corrected chi connectivity index (χ2v) is 5.88. The van der Waals surface area contributed by atoms with Crippen molar-refractivity contribution in [3.63, 3.8) is 0 Å². The Morgan fingerprint density at radius 2 is 1.86 bits per heavy atom. The van der Waals surface area contributed by atoms with E-state index in [2.05, 4.69) is 17.1 Å². The summed E-state index contributed by atoms with van der Waals surface area (Å²) < 4.78 is 17.1. The van der Waals surface area contributed by atoms with Gasteiger partial charge in [0.1, 0.15) is 11.4 Å². The Balaban J connectivity index is 1.80. The Kier molecular flexibility index (Phi) is 4.27. The summed E-state index contributed by atoms with van der Waals surface area (Å²) in [5, 5.41) is 0. The highest BCUT2D eigenvalue weighted by Crippen LogP contribution is 2.42. The second kappa shape index (κ2) is 6.18. The molecule has 120 valence electrons. The molecule has 0 saturated carbocycles. The molecule has 0 radical (unpaired) electrons. The zero-order valence-corrected chi connectivity index (χ0v) is 13.3. The molecule has 1 aromatic rings. The molecule has 22 heavy (non-hydrogen) atoms. The predicted octanol–water partition coefficient (Wildman–Crippen LogP) is 1.90. The Hall–Kier alpha value is -1.72. The summed E-state index contributed by atoms with van der Waals surface area (Å²) in [6.07, 6.45) is 6.30. The van der Waals surface area contributed by atoms with Crippen molar-refractivity contribution >= 4 is 6.08 Å². The van der Waals surface area contributed by atoms with Crippen LogP contribution in [0.5, 0.6) is 17.2 Å². The first-order valence-corrected chi connectivity index (χ1v) is 7.76. The topological polar surface area (TPSA) is 57.0 Å². The fourth-order valence-corrected chi connectivity index (χ4v) is 3.20. The first-order chi connectivity index (χ1) is 10.7. The van der Waals surface area contributed by atoms with E-state index >= 15 is 0 Å². The summed E-state index contributed by atoms with van der Waals surface area (Å²) in [6, 6.07) is 3.88. The van der Waals surface area contributed by atoms with Crippen LogP contribution in [0.1, 0.15) is 18.4 Å². The average molecular weight is 304 g/mol. The molecule has 1 saturated heterocycles. The van der Waals surface area contributed by atoms with Crippen molar-refractivity contribution in [3.8, 4) is 17.2 Å². The van der Waals surface area contributed by atoms with Gasteiger partial charge in [0.25, 0.3) is 0 Å². The largest absolute Gasteiger partial charge is 0.493 e. The van der Waals surface area contributed by atoms with E-state index in [0.717, 1.165) is 49.5 Å². The first-order valence-electron chi connectivity index (χ1n) is 7.76. The van der Waals surface area contributed by atoms with Gasteiger partial charge in [-0.25, -0.2) is 0 Å². The van der Waals surface area contributed by atoms with Crippen molar-refractivity contribution in [1.29, 1.82) is 0 Å². The third kappa shape index (κ3) is 2.78. The van der Waals surface area contributed by atoms with Gasteiger partial charge >= 0.3 is 0 Å². The minimum atomic E-state index is -0.197. The van der Waals surface area contributed by atoms with Crippen molar-refractivity contribution in [1.82, 2.24) is 4.90 Å². The van der Waals surface area contributed by atoms with Crippen LogP contribution in [0.4, 0.5) is 0 Å². The number of methoxy groups -OCH3 is 2. The molecule has 0 bridgehead atoms. The van der Waals surface area contributed by atoms with Gasteiger partial charge in [0.05, 0.1) is 14.2 Å². The molecule has 1 spiro atoms. The quantitative estimate of drug-likeness (QED) is 0.921. The lowest BCUT2D eigenvalue weighted by molar-refractivity contribution is 0.0396. The van der Waals surface area contributed by atoms with Gasteiger partial charge in [-0.15, -0.1) is 0 Å². The molecule has 0 atom stereocenters. The van der Waals surface area contributed by atoms with E-state index in [1.54, 1.807) is 14.2 Å². The summed E-state index contributed by atoms with van der Waals surface area (Å²) in [5.74, 6) is 2.29. The number of benzene rings is 1. The number of nitrogens with two attached hydrogens (primary N) is 1. The van der Waals surface area contributed by atoms with Crippen LogP contribution in [0.15, 0.2) is 18.2 Å². The standard InChI is InChI=1S/C17H24N2O3/c1-20-15-11-13-3-4-17(22-14(13)12-16(15)21-2)5-8-19(9-6-17)10-7-18/h3-4,11-12H,5-10,18H2,1-2H3. The zero-order chi connectivity index (χ0) is 15.6. The minimum absolute atomic E-state index is 0.197. The highest BCUT2D eigenvalue weighted by atomic mass is 16.5. The van der Waals surface area contributed by atoms with Crippen LogP contribution in [-0.4, -0.2) is 50.9 Å². The lowest BCUT2D eigenvalue weighted by atomic mass is 9.88. The zero-order valence-electron chi connectivity index (χ0n) is 13.3. The third-order valence-corrected chi connectivity index (χ3v) is 4.54. The molecular weight excluding hydrogens is 280 g/mol. The molecule has 0 amide bonds. The second-order valence-electron chi connectivity index (χ2n) is 5.88. The maximum atomic E-state index is 6.35. The van der Waals surface area contributed by atoms with Crippen molar-refractivity contribution in [2.24, 2.45) is 5.73 Å². The fourth-order valence-electron chi connectivity index (χ4n) is 3.20. The van der Waals surface area contributed by atoms with Gasteiger partial charge in [0.2, 0.25) is 0 Å². The lowest BCUT2D eigenvalue weighted by Gasteiger charge is -2.42. The molecule has 2 aliphatic heterocycles. The van der Waals surface area contributed by atoms with Crippen LogP contribution in [0, 0.1) is 0 Å². The summed E-state index contributed by atoms with van der Waals surface area (Å²) >= 11 is 0. The number of hydrogen-bond acceptors (Lipinski definition) is 5. The molecule has 1 fully saturated rings. The SMILES string of the molecule is COc1cc2c(cc1OC)OC1(C=C2)CCN(CCN)CC1. The molecular formula is C17H24N2O3. The van der Waals surface area contributed by atoms with Gasteiger partial charge in [-0.05, 0) is 12.1 Å². The molecule has 2 heterocycles. The smallest absolute Gasteiger partial charge is 0.164 e. The maximum Gasteiger partial charge on any atom is 0.164 e. The van der Waals surface area contributed by atoms with E-state index in [4.69, 9.17) is 19.9 Å². The molecule has 0 unspecified atom stereocenters. The highest BCUT2D eigenvalue weighted by Gasteiger charge is 2.36. The average Bonchev–Trinajstić information content (AvgIpc) is 2.56. The van der Waals surface area contributed by atoms with Gasteiger partial charge in [-0.3, -0.25) is 0 Å². The van der Waals surface area contributed by atoms with E-state index in [0.29, 0.717) is 12.3 Å². The Bertz CT molecular complexity index is 563. The van der Waals surface area contributed by atoms with Gasteiger partial charge in [0.15, 0.2) is 11.5 Å². The van der Waals surface area contributed by atoms with Crippen molar-refractivity contribution < 1.29 is 14.2 Å². The van der Waals surface area contributed by atoms with E-state index in [9.17, 15) is 0 Å². The van der Waals surface area contributed by atoms with Gasteiger partial charge in [0, 0.05) is 50.7 Å². The van der Waals surface area contributed by atoms with Crippen LogP contribution >= 0.6 is 0 Å². The number of nitrogens with zero attached hydrogens (tertiary/aromatic N) is 1. The Labute approximate surface area is 131 Å². The normalized spacial score (nSPS) is 19.6. The van der Waals surface area contributed by atoms with E-state index in [1.165, 1.54) is 0 Å². The maximum absolute atomic E-state index is 6.35. The van der Waals surface area contributed by atoms with Crippen LogP contribution in [-0.2, 0) is 0 Å². The first kappa shape index (κ1) is 15.2. The van der Waals surface area contributed by atoms with Crippen LogP contribution in [0.25, 0.3) is 6.08 Å². The highest BCUT2D eigenvalue weighted by molar-refractivity contribution is 5.66. The fraction of sp³-hybridized carbons (Fsp3) is 0.529. The summed E-state index contributed by atoms with van der Waals surface area (Å²) in [7, 11) is 3.29. The molecule has 5 heteroatoms. The van der Waals surface area contributed by atoms with Crippen LogP contribution in [0.2, 0.25) is 0 Å². The van der Waals surface area contributed by atoms with Gasteiger partial charge in [-0.1, -0.05) is 6.08 Å². The molecule has 2 aliphatic rings. The van der Waals surface area contributed by atoms with Crippen molar-refractivity contribution in [2.45, 2.75) is 18.4 Å². The molecule has 5 nitrogen and oxygen atoms in total. The third-order valence-electron chi connectivity index (χ3n) is 4.54. The number of rotatable bonds is 4. The Morgan fingerprint density at radius 1 is 1.18 bits per heavy atom. The van der Waals surface area contributed by atoms with Crippen LogP contribution < -0.4 is 19.9 Å². The monoisotopic (exact) mass is 304 g/mol. The molecule has 0 aliphatic carbocycles. The van der Waals surface area contributed by atoms with Crippen molar-refractivity contribution in [3.05, 3.63) is 23.8 Å². The van der Waals surface area contributed by atoms with Crippen molar-refractivity contribution in [2.75, 3.05) is 40.4 Å². The Morgan fingerprint density at radius 3 is 2.50 bits per heavy atom. The van der Waals surface area contributed by atoms with E-state index in [1.807, 2.05) is 12.1 Å². The number of likely N-dealkylation sites (tertiary alicyclic amines) is 1. The number of piperidine rings is 1. The number of fused-ring (bicyclic) bond motifs is 1. The van der Waals surface area contributed by atoms with E-state index < -0.39 is 0 Å². The number of hydrogen-bond donors (Lipinski definition) is 1. The molecule has 2 N–H and O–H groups in total. The van der Waals surface area contributed by atoms with Gasteiger partial charge in [-0.2, -0.15) is 0 Å². The van der Waals surface area contributed by atoms with E-state index in [-0.39, 0.29) is 5.60 Å². The summed E-state index contributed by atoms with van der Waals surface area (Å²) in [6.45, 7) is 3.71. The van der Waals surface area contributed by atoms with Gasteiger partial charge < -0.3 is 24.8 Å². The van der Waals surface area contributed by atoms with Crippen LogP contribution in [0.3, 0.4) is 0 Å². The lowest BCUT2D eigenvalue weighted by Crippen LogP contribution is -2.48. The number of ether oxygens (including phenoxy) is 3.